The minimum absolute atomic E-state index is 0.0795. The largest absolute Gasteiger partial charge is 0.309 e. The predicted octanol–water partition coefficient (Wildman–Crippen LogP) is 9.86. The fraction of sp³-hybridized carbons (Fsp3) is 0.0270. The monoisotopic (exact) mass is 521 g/mol. The van der Waals surface area contributed by atoms with Crippen LogP contribution in [0, 0.1) is 6.92 Å². The van der Waals surface area contributed by atoms with Crippen LogP contribution in [0.5, 0.6) is 0 Å². The first-order valence-electron chi connectivity index (χ1n) is 23.1. The molecule has 39 heavy (non-hydrogen) atoms. The number of para-hydroxylation sites is 5. The molecule has 8 aromatic rings. The quantitative estimate of drug-likeness (QED) is 0.219. The van der Waals surface area contributed by atoms with E-state index >= 15 is 0 Å². The molecule has 8 rings (SSSR count). The Kier molecular flexibility index (Phi) is 1.95. The third-order valence-corrected chi connectivity index (χ3v) is 6.35. The molecule has 0 radical (unpaired) electrons. The van der Waals surface area contributed by atoms with Gasteiger partial charge in [-0.3, -0.25) is 0 Å². The summed E-state index contributed by atoms with van der Waals surface area (Å²) in [5.41, 5.74) is -5.56. The highest BCUT2D eigenvalue weighted by Crippen LogP contribution is 2.40. The summed E-state index contributed by atoms with van der Waals surface area (Å²) < 4.78 is 206. The summed E-state index contributed by atoms with van der Waals surface area (Å²) in [7, 11) is 0. The molecule has 2 heterocycles. The van der Waals surface area contributed by atoms with Crippen molar-refractivity contribution in [1.82, 2.24) is 9.13 Å². The van der Waals surface area contributed by atoms with Gasteiger partial charge in [-0.1, -0.05) is 102 Å². The van der Waals surface area contributed by atoms with Gasteiger partial charge in [0.05, 0.1) is 65.0 Å². The number of fused-ring (bicyclic) bond motifs is 6. The second-order valence-corrected chi connectivity index (χ2v) is 8.51. The van der Waals surface area contributed by atoms with Crippen LogP contribution >= 0.6 is 0 Å². The van der Waals surface area contributed by atoms with E-state index in [0.29, 0.717) is 0 Å². The highest BCUT2D eigenvalue weighted by molar-refractivity contribution is 6.11. The van der Waals surface area contributed by atoms with Crippen molar-refractivity contribution in [2.24, 2.45) is 0 Å². The number of hydrogen-bond donors (Lipinski definition) is 0. The maximum atomic E-state index is 9.41. The molecule has 0 saturated heterocycles. The standard InChI is InChI=1S/C37H26N2/c1-25-22-23-37-31(24-25)30-16-6-11-21-36(30)39(37)35-20-10-5-15-29(35)28-14-4-9-19-34(28)38-32-17-7-2-12-26(32)27-13-3-8-18-33(27)38/h2-24H,1H3/i2D,3D,4D,5D,6D,7D,8D,9D,10D,11D,12D,13D,14D,15D,16D,17D,18D,19D,20D,21D,22D,23D,24D. The molecule has 6 aromatic carbocycles. The summed E-state index contributed by atoms with van der Waals surface area (Å²) in [5.74, 6) is 0. The van der Waals surface area contributed by atoms with Crippen molar-refractivity contribution in [2.45, 2.75) is 6.92 Å². The number of hydrogen-bond acceptors (Lipinski definition) is 0. The molecule has 2 aromatic heterocycles. The van der Waals surface area contributed by atoms with Crippen LogP contribution in [0.15, 0.2) is 139 Å². The summed E-state index contributed by atoms with van der Waals surface area (Å²) in [5, 5.41) is -1.65. The fourth-order valence-corrected chi connectivity index (χ4v) is 4.79. The van der Waals surface area contributed by atoms with E-state index in [2.05, 4.69) is 0 Å². The fourth-order valence-electron chi connectivity index (χ4n) is 4.79. The molecule has 0 atom stereocenters. The van der Waals surface area contributed by atoms with Crippen LogP contribution < -0.4 is 0 Å². The van der Waals surface area contributed by atoms with Crippen LogP contribution in [-0.2, 0) is 0 Å². The summed E-state index contributed by atoms with van der Waals surface area (Å²) in [6.07, 6.45) is 0. The Labute approximate surface area is 259 Å². The maximum Gasteiger partial charge on any atom is 0.0645 e. The zero-order chi connectivity index (χ0) is 45.9. The molecule has 0 bridgehead atoms. The smallest absolute Gasteiger partial charge is 0.0645 e. The van der Waals surface area contributed by atoms with Crippen LogP contribution in [0.1, 0.15) is 37.1 Å². The molecule has 0 N–H and O–H groups in total. The van der Waals surface area contributed by atoms with Gasteiger partial charge in [-0.15, -0.1) is 0 Å². The van der Waals surface area contributed by atoms with E-state index in [0.717, 1.165) is 9.13 Å². The molecule has 0 amide bonds. The molecular formula is C37H26N2. The van der Waals surface area contributed by atoms with Gasteiger partial charge in [-0.25, -0.2) is 0 Å². The van der Waals surface area contributed by atoms with Gasteiger partial charge in [-0.05, 0) is 49.2 Å². The number of rotatable bonds is 3. The van der Waals surface area contributed by atoms with Crippen molar-refractivity contribution in [3.05, 3.63) is 145 Å². The number of benzene rings is 6. The van der Waals surface area contributed by atoms with E-state index < -0.39 is 194 Å². The molecule has 2 nitrogen and oxygen atoms in total. The van der Waals surface area contributed by atoms with Crippen molar-refractivity contribution < 1.29 is 31.5 Å². The van der Waals surface area contributed by atoms with E-state index in [9.17, 15) is 5.48 Å². The highest BCUT2D eigenvalue weighted by Gasteiger charge is 2.19. The van der Waals surface area contributed by atoms with Crippen LogP contribution in [-0.4, -0.2) is 9.13 Å². The zero-order valence-corrected chi connectivity index (χ0v) is 19.9. The summed E-state index contributed by atoms with van der Waals surface area (Å²) in [6.45, 7) is 1.33. The summed E-state index contributed by atoms with van der Waals surface area (Å²) >= 11 is 0. The minimum atomic E-state index is -1.03. The van der Waals surface area contributed by atoms with Crippen molar-refractivity contribution >= 4 is 43.6 Å². The van der Waals surface area contributed by atoms with Crippen LogP contribution in [0.2, 0.25) is 0 Å². The SMILES string of the molecule is [2H]c1c([2H])c([2H])c(-n2c3c([2H])c([2H])c([2H])c([2H])c3c3c([2H])c([2H])c([2H])c([2H])c32)c(-c2c([2H])c([2H])c([2H])c([2H])c2-n2c3c([2H])c([2H])c([2H])c([2H])c3c3c([2H])c(C)c([2H])c([2H])c32)c1[2H]. The van der Waals surface area contributed by atoms with Gasteiger partial charge in [0.15, 0.2) is 0 Å². The van der Waals surface area contributed by atoms with Crippen LogP contribution in [0.3, 0.4) is 0 Å². The molecular weight excluding hydrogens is 472 g/mol. The summed E-state index contributed by atoms with van der Waals surface area (Å²) in [4.78, 5) is 0. The Hall–Kier alpha value is -5.08. The normalized spacial score (nSPS) is 20.0. The molecule has 0 spiro atoms. The predicted molar refractivity (Wildman–Crippen MR) is 165 cm³/mol. The Bertz CT molecular complexity index is 3070. The zero-order valence-electron chi connectivity index (χ0n) is 42.9. The molecule has 184 valence electrons. The summed E-state index contributed by atoms with van der Waals surface area (Å²) in [6, 6.07) is -19.5. The van der Waals surface area contributed by atoms with Gasteiger partial charge in [0.2, 0.25) is 0 Å². The van der Waals surface area contributed by atoms with E-state index in [1.165, 1.54) is 6.92 Å². The van der Waals surface area contributed by atoms with Gasteiger partial charge in [0.25, 0.3) is 0 Å². The third kappa shape index (κ3) is 3.22. The van der Waals surface area contributed by atoms with Gasteiger partial charge < -0.3 is 9.13 Å². The lowest BCUT2D eigenvalue weighted by Crippen LogP contribution is -2.01. The van der Waals surface area contributed by atoms with E-state index in [-0.39, 0.29) is 16.3 Å². The first kappa shape index (κ1) is 9.00. The Morgan fingerprint density at radius 2 is 0.795 bits per heavy atom. The van der Waals surface area contributed by atoms with Crippen molar-refractivity contribution in [2.75, 3.05) is 0 Å². The van der Waals surface area contributed by atoms with Crippen molar-refractivity contribution in [3.8, 4) is 22.5 Å². The first-order chi connectivity index (χ1) is 28.9. The molecule has 0 unspecified atom stereocenters. The first-order valence-corrected chi connectivity index (χ1v) is 11.6. The van der Waals surface area contributed by atoms with Crippen molar-refractivity contribution in [3.63, 3.8) is 0 Å². The van der Waals surface area contributed by atoms with E-state index in [1.54, 1.807) is 0 Å². The van der Waals surface area contributed by atoms with Crippen LogP contribution in [0.25, 0.3) is 66.1 Å². The Morgan fingerprint density at radius 3 is 1.31 bits per heavy atom. The number of aromatic nitrogens is 2. The van der Waals surface area contributed by atoms with Gasteiger partial charge in [0.1, 0.15) is 0 Å². The Balaban J connectivity index is 1.76. The number of nitrogens with zero attached hydrogens (tertiary/aromatic N) is 2. The highest BCUT2D eigenvalue weighted by atomic mass is 15.0. The lowest BCUT2D eigenvalue weighted by Gasteiger charge is -2.18. The van der Waals surface area contributed by atoms with Gasteiger partial charge >= 0.3 is 0 Å². The minimum Gasteiger partial charge on any atom is -0.309 e. The van der Waals surface area contributed by atoms with Gasteiger partial charge in [0, 0.05) is 32.7 Å². The second-order valence-electron chi connectivity index (χ2n) is 8.51. The maximum absolute atomic E-state index is 9.41. The molecule has 0 aliphatic heterocycles. The van der Waals surface area contributed by atoms with Gasteiger partial charge in [-0.2, -0.15) is 0 Å². The lowest BCUT2D eigenvalue weighted by atomic mass is 10.0. The Morgan fingerprint density at radius 1 is 0.410 bits per heavy atom. The third-order valence-electron chi connectivity index (χ3n) is 6.35. The van der Waals surface area contributed by atoms with E-state index in [1.807, 2.05) is 0 Å². The second kappa shape index (κ2) is 8.47. The van der Waals surface area contributed by atoms with E-state index in [4.69, 9.17) is 26.0 Å². The molecule has 0 aliphatic carbocycles. The van der Waals surface area contributed by atoms with Crippen LogP contribution in [0.4, 0.5) is 0 Å². The molecule has 2 heteroatoms. The lowest BCUT2D eigenvalue weighted by molar-refractivity contribution is 1.16. The molecule has 0 fully saturated rings. The molecule has 0 aliphatic rings. The average molecular weight is 522 g/mol. The van der Waals surface area contributed by atoms with Crippen molar-refractivity contribution in [1.29, 1.82) is 0 Å². The average Bonchev–Trinajstić information content (AvgIpc) is 3.79. The molecule has 0 saturated carbocycles. The topological polar surface area (TPSA) is 9.86 Å².